The molecule has 28 heavy (non-hydrogen) atoms. The molecule has 0 saturated carbocycles. The number of aromatic amines is 1. The van der Waals surface area contributed by atoms with Crippen LogP contribution < -0.4 is 10.1 Å². The molecule has 0 radical (unpaired) electrons. The van der Waals surface area contributed by atoms with E-state index in [0.717, 1.165) is 17.8 Å². The lowest BCUT2D eigenvalue weighted by Crippen LogP contribution is -2.32. The maximum Gasteiger partial charge on any atom is 0.343 e. The molecule has 1 N–H and O–H groups in total. The number of fused-ring (bicyclic) bond motifs is 1. The SMILES string of the molecule is O=c1[nH]c[n+]2nc(Sc3ccc(F)cc3F)ccc2c1-c1c(Cl)cccc1Cl. The normalized spacial score (nSPS) is 11.1. The summed E-state index contributed by atoms with van der Waals surface area (Å²) in [6, 6.07) is 11.6. The molecule has 0 fully saturated rings. The summed E-state index contributed by atoms with van der Waals surface area (Å²) in [5, 5.41) is 5.50. The summed E-state index contributed by atoms with van der Waals surface area (Å²) >= 11 is 13.6. The van der Waals surface area contributed by atoms with Crippen molar-refractivity contribution in [3.63, 3.8) is 0 Å². The summed E-state index contributed by atoms with van der Waals surface area (Å²) in [5.74, 6) is -1.33. The van der Waals surface area contributed by atoms with Crippen molar-refractivity contribution in [2.24, 2.45) is 0 Å². The molecule has 0 amide bonds. The Morgan fingerprint density at radius 3 is 2.46 bits per heavy atom. The van der Waals surface area contributed by atoms with Crippen LogP contribution in [0.2, 0.25) is 10.0 Å². The summed E-state index contributed by atoms with van der Waals surface area (Å²) in [4.78, 5) is 15.3. The van der Waals surface area contributed by atoms with Crippen molar-refractivity contribution in [2.75, 3.05) is 0 Å². The highest BCUT2D eigenvalue weighted by Gasteiger charge is 2.21. The standard InChI is InChI=1S/C19H9Cl2F2N3OS/c20-11-2-1-3-12(21)17(11)18-14-5-7-16(25-26(14)9-24-19(18)27)28-15-6-4-10(22)8-13(15)23/h1-9H/p+1. The molecular formula is C19H10Cl2F2N3OS+. The first-order chi connectivity index (χ1) is 13.4. The zero-order valence-electron chi connectivity index (χ0n) is 13.9. The van der Waals surface area contributed by atoms with E-state index in [1.165, 1.54) is 23.0 Å². The molecule has 4 aromatic rings. The molecule has 9 heteroatoms. The van der Waals surface area contributed by atoms with Crippen molar-refractivity contribution in [1.82, 2.24) is 10.1 Å². The predicted molar refractivity (Wildman–Crippen MR) is 104 cm³/mol. The summed E-state index contributed by atoms with van der Waals surface area (Å²) in [5.41, 5.74) is 0.775. The van der Waals surface area contributed by atoms with Gasteiger partial charge in [0.1, 0.15) is 22.2 Å². The second-order valence-corrected chi connectivity index (χ2v) is 7.63. The fourth-order valence-corrected chi connectivity index (χ4v) is 4.10. The van der Waals surface area contributed by atoms with Crippen molar-refractivity contribution in [2.45, 2.75) is 9.92 Å². The van der Waals surface area contributed by atoms with Gasteiger partial charge in [-0.05, 0) is 36.4 Å². The highest BCUT2D eigenvalue weighted by Crippen LogP contribution is 2.34. The van der Waals surface area contributed by atoms with Crippen LogP contribution in [0.15, 0.2) is 69.6 Å². The number of aromatic nitrogens is 3. The van der Waals surface area contributed by atoms with Crippen LogP contribution in [0.1, 0.15) is 0 Å². The van der Waals surface area contributed by atoms with Crippen molar-refractivity contribution >= 4 is 40.5 Å². The van der Waals surface area contributed by atoms with Crippen LogP contribution in [0.3, 0.4) is 0 Å². The number of H-pyrrole nitrogens is 1. The van der Waals surface area contributed by atoms with Crippen molar-refractivity contribution in [3.8, 4) is 11.1 Å². The molecule has 0 aliphatic heterocycles. The number of halogens is 4. The molecule has 2 aromatic carbocycles. The lowest BCUT2D eigenvalue weighted by molar-refractivity contribution is -0.588. The van der Waals surface area contributed by atoms with Crippen molar-refractivity contribution < 1.29 is 13.3 Å². The van der Waals surface area contributed by atoms with Gasteiger partial charge in [0, 0.05) is 16.5 Å². The lowest BCUT2D eigenvalue weighted by Gasteiger charge is -2.07. The molecule has 4 nitrogen and oxygen atoms in total. The van der Waals surface area contributed by atoms with Gasteiger partial charge in [0.05, 0.1) is 10.0 Å². The highest BCUT2D eigenvalue weighted by atomic mass is 35.5. The Labute approximate surface area is 171 Å². The summed E-state index contributed by atoms with van der Waals surface area (Å²) in [6.07, 6.45) is 1.39. The molecule has 0 saturated heterocycles. The number of benzene rings is 2. The van der Waals surface area contributed by atoms with Crippen LogP contribution in [-0.4, -0.2) is 10.1 Å². The zero-order valence-corrected chi connectivity index (χ0v) is 16.2. The Morgan fingerprint density at radius 1 is 1.00 bits per heavy atom. The van der Waals surface area contributed by atoms with Gasteiger partial charge in [-0.15, -0.1) is 4.52 Å². The molecule has 0 aliphatic carbocycles. The van der Waals surface area contributed by atoms with E-state index in [2.05, 4.69) is 10.1 Å². The Bertz CT molecular complexity index is 1260. The minimum atomic E-state index is -0.679. The van der Waals surface area contributed by atoms with Crippen LogP contribution in [-0.2, 0) is 0 Å². The Kier molecular flexibility index (Phi) is 5.05. The van der Waals surface area contributed by atoms with Crippen LogP contribution in [0.5, 0.6) is 0 Å². The third kappa shape index (κ3) is 3.48. The van der Waals surface area contributed by atoms with Crippen LogP contribution in [0.4, 0.5) is 8.78 Å². The average Bonchev–Trinajstić information content (AvgIpc) is 2.65. The van der Waals surface area contributed by atoms with E-state index >= 15 is 0 Å². The Morgan fingerprint density at radius 2 is 1.75 bits per heavy atom. The predicted octanol–water partition coefficient (Wildman–Crippen LogP) is 4.91. The molecule has 0 bridgehead atoms. The topological polar surface area (TPSA) is 49.9 Å². The van der Waals surface area contributed by atoms with Crippen molar-refractivity contribution in [3.05, 3.63) is 86.9 Å². The van der Waals surface area contributed by atoms with Crippen LogP contribution in [0, 0.1) is 11.6 Å². The smallest absolute Gasteiger partial charge is 0.241 e. The second kappa shape index (κ2) is 7.50. The molecule has 0 aliphatic rings. The van der Waals surface area contributed by atoms with E-state index in [-0.39, 0.29) is 16.0 Å². The second-order valence-electron chi connectivity index (χ2n) is 5.75. The highest BCUT2D eigenvalue weighted by molar-refractivity contribution is 7.99. The number of rotatable bonds is 3. The Hall–Kier alpha value is -2.48. The van der Waals surface area contributed by atoms with Gasteiger partial charge in [0.15, 0.2) is 5.52 Å². The van der Waals surface area contributed by atoms with Gasteiger partial charge in [0.25, 0.3) is 6.33 Å². The summed E-state index contributed by atoms with van der Waals surface area (Å²) in [6.45, 7) is 0. The van der Waals surface area contributed by atoms with E-state index in [4.69, 9.17) is 23.2 Å². The number of hydrogen-bond donors (Lipinski definition) is 1. The van der Waals surface area contributed by atoms with Gasteiger partial charge in [0.2, 0.25) is 0 Å². The maximum atomic E-state index is 13.9. The molecule has 0 unspecified atom stereocenters. The van der Waals surface area contributed by atoms with Gasteiger partial charge in [-0.1, -0.05) is 46.1 Å². The molecule has 140 valence electrons. The fourth-order valence-electron chi connectivity index (χ4n) is 2.73. The maximum absolute atomic E-state index is 13.9. The molecule has 0 atom stereocenters. The third-order valence-electron chi connectivity index (χ3n) is 3.96. The zero-order chi connectivity index (χ0) is 19.8. The number of nitrogens with one attached hydrogen (secondary N) is 1. The van der Waals surface area contributed by atoms with Gasteiger partial charge in [-0.2, -0.15) is 0 Å². The van der Waals surface area contributed by atoms with Crippen LogP contribution in [0.25, 0.3) is 16.6 Å². The largest absolute Gasteiger partial charge is 0.343 e. The fraction of sp³-hybridized carbons (Fsp3) is 0. The number of hydrogen-bond acceptors (Lipinski definition) is 3. The molecular weight excluding hydrogens is 427 g/mol. The van der Waals surface area contributed by atoms with E-state index in [1.54, 1.807) is 30.3 Å². The molecule has 0 spiro atoms. The number of nitrogens with zero attached hydrogens (tertiary/aromatic N) is 2. The first-order valence-corrected chi connectivity index (χ1v) is 9.53. The van der Waals surface area contributed by atoms with E-state index in [0.29, 0.717) is 26.2 Å². The molecule has 4 rings (SSSR count). The third-order valence-corrected chi connectivity index (χ3v) is 5.57. The van der Waals surface area contributed by atoms with E-state index in [9.17, 15) is 13.6 Å². The minimum Gasteiger partial charge on any atom is -0.241 e. The van der Waals surface area contributed by atoms with Gasteiger partial charge < -0.3 is 0 Å². The Balaban J connectivity index is 1.84. The van der Waals surface area contributed by atoms with Gasteiger partial charge in [-0.3, -0.25) is 0 Å². The lowest BCUT2D eigenvalue weighted by atomic mass is 10.1. The first-order valence-electron chi connectivity index (χ1n) is 7.96. The monoisotopic (exact) mass is 436 g/mol. The van der Waals surface area contributed by atoms with E-state index < -0.39 is 11.6 Å². The average molecular weight is 437 g/mol. The summed E-state index contributed by atoms with van der Waals surface area (Å²) < 4.78 is 28.4. The molecule has 2 aromatic heterocycles. The molecule has 2 heterocycles. The summed E-state index contributed by atoms with van der Waals surface area (Å²) in [7, 11) is 0. The minimum absolute atomic E-state index is 0.229. The van der Waals surface area contributed by atoms with E-state index in [1.807, 2.05) is 0 Å². The van der Waals surface area contributed by atoms with Gasteiger partial charge in [-0.25, -0.2) is 18.6 Å². The quantitative estimate of drug-likeness (QED) is 0.464. The van der Waals surface area contributed by atoms with Crippen molar-refractivity contribution in [1.29, 1.82) is 0 Å². The first kappa shape index (κ1) is 18.9. The van der Waals surface area contributed by atoms with Crippen LogP contribution >= 0.6 is 35.0 Å². The van der Waals surface area contributed by atoms with Gasteiger partial charge >= 0.3 is 5.56 Å².